The standard InChI is InChI=1S/C13H17N3/c1-3-16(4-2)12-9-8-10-6-5-7-11(14)13(10)15-12/h5-9H,3-4,14H2,1-2H3. The van der Waals surface area contributed by atoms with Crippen LogP contribution < -0.4 is 10.6 Å². The van der Waals surface area contributed by atoms with E-state index in [1.807, 2.05) is 18.2 Å². The average Bonchev–Trinajstić information content (AvgIpc) is 2.32. The molecule has 16 heavy (non-hydrogen) atoms. The number of fused-ring (bicyclic) bond motifs is 1. The molecule has 2 rings (SSSR count). The number of rotatable bonds is 3. The van der Waals surface area contributed by atoms with Crippen molar-refractivity contribution in [1.82, 2.24) is 4.98 Å². The van der Waals surface area contributed by atoms with Gasteiger partial charge in [-0.1, -0.05) is 12.1 Å². The van der Waals surface area contributed by atoms with Gasteiger partial charge in [-0.15, -0.1) is 0 Å². The van der Waals surface area contributed by atoms with Gasteiger partial charge in [0.25, 0.3) is 0 Å². The van der Waals surface area contributed by atoms with Crippen molar-refractivity contribution in [3.63, 3.8) is 0 Å². The number of nitrogens with two attached hydrogens (primary N) is 1. The smallest absolute Gasteiger partial charge is 0.129 e. The van der Waals surface area contributed by atoms with Crippen LogP contribution in [-0.4, -0.2) is 18.1 Å². The molecule has 0 saturated carbocycles. The van der Waals surface area contributed by atoms with Crippen molar-refractivity contribution < 1.29 is 0 Å². The Kier molecular flexibility index (Phi) is 2.95. The maximum atomic E-state index is 5.93. The molecule has 0 aliphatic carbocycles. The molecule has 2 N–H and O–H groups in total. The summed E-state index contributed by atoms with van der Waals surface area (Å²) in [4.78, 5) is 6.83. The molecule has 1 aromatic heterocycles. The van der Waals surface area contributed by atoms with Crippen LogP contribution in [0.4, 0.5) is 11.5 Å². The maximum Gasteiger partial charge on any atom is 0.129 e. The minimum absolute atomic E-state index is 0.742. The van der Waals surface area contributed by atoms with Gasteiger partial charge in [-0.3, -0.25) is 0 Å². The summed E-state index contributed by atoms with van der Waals surface area (Å²) in [7, 11) is 0. The van der Waals surface area contributed by atoms with E-state index in [4.69, 9.17) is 5.73 Å². The number of nitrogens with zero attached hydrogens (tertiary/aromatic N) is 2. The summed E-state index contributed by atoms with van der Waals surface area (Å²) in [5.74, 6) is 0.996. The van der Waals surface area contributed by atoms with E-state index in [0.717, 1.165) is 35.5 Å². The fourth-order valence-corrected chi connectivity index (χ4v) is 1.88. The molecule has 0 unspecified atom stereocenters. The summed E-state index contributed by atoms with van der Waals surface area (Å²) in [6, 6.07) is 10.0. The number of nitrogen functional groups attached to an aromatic ring is 1. The minimum atomic E-state index is 0.742. The molecular weight excluding hydrogens is 198 g/mol. The topological polar surface area (TPSA) is 42.1 Å². The van der Waals surface area contributed by atoms with Gasteiger partial charge < -0.3 is 10.6 Å². The summed E-state index contributed by atoms with van der Waals surface area (Å²) in [6.45, 7) is 6.18. The number of benzene rings is 1. The number of para-hydroxylation sites is 1. The molecule has 0 atom stereocenters. The Bertz CT molecular complexity index is 490. The maximum absolute atomic E-state index is 5.93. The third-order valence-corrected chi connectivity index (χ3v) is 2.82. The number of hydrogen-bond donors (Lipinski definition) is 1. The van der Waals surface area contributed by atoms with E-state index in [1.165, 1.54) is 0 Å². The van der Waals surface area contributed by atoms with E-state index in [0.29, 0.717) is 0 Å². The van der Waals surface area contributed by atoms with Crippen LogP contribution in [0.1, 0.15) is 13.8 Å². The Morgan fingerprint density at radius 2 is 1.88 bits per heavy atom. The third-order valence-electron chi connectivity index (χ3n) is 2.82. The van der Waals surface area contributed by atoms with Gasteiger partial charge >= 0.3 is 0 Å². The Hall–Kier alpha value is -1.77. The van der Waals surface area contributed by atoms with E-state index in [1.54, 1.807) is 0 Å². The highest BCUT2D eigenvalue weighted by Gasteiger charge is 2.05. The largest absolute Gasteiger partial charge is 0.397 e. The summed E-state index contributed by atoms with van der Waals surface area (Å²) >= 11 is 0. The molecule has 2 aromatic rings. The molecule has 0 bridgehead atoms. The number of hydrogen-bond acceptors (Lipinski definition) is 3. The van der Waals surface area contributed by atoms with E-state index < -0.39 is 0 Å². The SMILES string of the molecule is CCN(CC)c1ccc2cccc(N)c2n1. The zero-order chi connectivity index (χ0) is 11.5. The van der Waals surface area contributed by atoms with E-state index in [9.17, 15) is 0 Å². The molecule has 0 fully saturated rings. The second kappa shape index (κ2) is 4.39. The molecular formula is C13H17N3. The normalized spacial score (nSPS) is 10.6. The molecule has 1 heterocycles. The second-order valence-corrected chi connectivity index (χ2v) is 3.76. The minimum Gasteiger partial charge on any atom is -0.397 e. The fraction of sp³-hybridized carbons (Fsp3) is 0.308. The summed E-state index contributed by atoms with van der Waals surface area (Å²) in [5.41, 5.74) is 7.56. The van der Waals surface area contributed by atoms with Crippen LogP contribution in [0.15, 0.2) is 30.3 Å². The van der Waals surface area contributed by atoms with E-state index in [2.05, 4.69) is 35.9 Å². The number of aromatic nitrogens is 1. The molecule has 0 spiro atoms. The highest BCUT2D eigenvalue weighted by molar-refractivity contribution is 5.90. The Morgan fingerprint density at radius 1 is 1.12 bits per heavy atom. The lowest BCUT2D eigenvalue weighted by Crippen LogP contribution is -2.22. The van der Waals surface area contributed by atoms with Gasteiger partial charge in [0.15, 0.2) is 0 Å². The van der Waals surface area contributed by atoms with Crippen LogP contribution >= 0.6 is 0 Å². The highest BCUT2D eigenvalue weighted by Crippen LogP contribution is 2.22. The van der Waals surface area contributed by atoms with Gasteiger partial charge in [0.1, 0.15) is 5.82 Å². The molecule has 0 radical (unpaired) electrons. The van der Waals surface area contributed by atoms with Crippen LogP contribution in [0, 0.1) is 0 Å². The van der Waals surface area contributed by atoms with Crippen molar-refractivity contribution in [3.8, 4) is 0 Å². The summed E-state index contributed by atoms with van der Waals surface area (Å²) in [5, 5.41) is 1.09. The lowest BCUT2D eigenvalue weighted by molar-refractivity contribution is 0.850. The molecule has 0 saturated heterocycles. The van der Waals surface area contributed by atoms with Crippen LogP contribution in [0.2, 0.25) is 0 Å². The fourth-order valence-electron chi connectivity index (χ4n) is 1.88. The van der Waals surface area contributed by atoms with Gasteiger partial charge in [-0.05, 0) is 32.0 Å². The Balaban J connectivity index is 2.54. The average molecular weight is 215 g/mol. The zero-order valence-corrected chi connectivity index (χ0v) is 9.77. The van der Waals surface area contributed by atoms with E-state index >= 15 is 0 Å². The van der Waals surface area contributed by atoms with Crippen molar-refractivity contribution in [2.75, 3.05) is 23.7 Å². The molecule has 0 aliphatic rings. The highest BCUT2D eigenvalue weighted by atomic mass is 15.2. The van der Waals surface area contributed by atoms with Gasteiger partial charge in [-0.25, -0.2) is 4.98 Å². The van der Waals surface area contributed by atoms with Crippen molar-refractivity contribution in [2.24, 2.45) is 0 Å². The van der Waals surface area contributed by atoms with Crippen LogP contribution in [0.3, 0.4) is 0 Å². The molecule has 1 aromatic carbocycles. The predicted octanol–water partition coefficient (Wildman–Crippen LogP) is 2.66. The molecule has 3 heteroatoms. The lowest BCUT2D eigenvalue weighted by Gasteiger charge is -2.20. The lowest BCUT2D eigenvalue weighted by atomic mass is 10.2. The Morgan fingerprint density at radius 3 is 2.56 bits per heavy atom. The van der Waals surface area contributed by atoms with Gasteiger partial charge in [0.05, 0.1) is 11.2 Å². The van der Waals surface area contributed by atoms with Crippen molar-refractivity contribution in [1.29, 1.82) is 0 Å². The zero-order valence-electron chi connectivity index (χ0n) is 9.77. The first kappa shape index (κ1) is 10.7. The molecule has 3 nitrogen and oxygen atoms in total. The molecule has 0 amide bonds. The third kappa shape index (κ3) is 1.81. The first-order valence-corrected chi connectivity index (χ1v) is 5.66. The number of pyridine rings is 1. The van der Waals surface area contributed by atoms with Gasteiger partial charge in [0.2, 0.25) is 0 Å². The number of anilines is 2. The van der Waals surface area contributed by atoms with Crippen LogP contribution in [0.5, 0.6) is 0 Å². The second-order valence-electron chi connectivity index (χ2n) is 3.76. The summed E-state index contributed by atoms with van der Waals surface area (Å²) in [6.07, 6.45) is 0. The van der Waals surface area contributed by atoms with E-state index in [-0.39, 0.29) is 0 Å². The summed E-state index contributed by atoms with van der Waals surface area (Å²) < 4.78 is 0. The van der Waals surface area contributed by atoms with Gasteiger partial charge in [-0.2, -0.15) is 0 Å². The first-order valence-electron chi connectivity index (χ1n) is 5.66. The van der Waals surface area contributed by atoms with Crippen molar-refractivity contribution in [2.45, 2.75) is 13.8 Å². The quantitative estimate of drug-likeness (QED) is 0.800. The van der Waals surface area contributed by atoms with Crippen LogP contribution in [-0.2, 0) is 0 Å². The first-order chi connectivity index (χ1) is 7.76. The molecule has 0 aliphatic heterocycles. The monoisotopic (exact) mass is 215 g/mol. The van der Waals surface area contributed by atoms with Crippen molar-refractivity contribution >= 4 is 22.4 Å². The Labute approximate surface area is 95.9 Å². The van der Waals surface area contributed by atoms with Crippen molar-refractivity contribution in [3.05, 3.63) is 30.3 Å². The van der Waals surface area contributed by atoms with Crippen LogP contribution in [0.25, 0.3) is 10.9 Å². The molecule has 84 valence electrons. The predicted molar refractivity (Wildman–Crippen MR) is 69.7 cm³/mol. The van der Waals surface area contributed by atoms with Gasteiger partial charge in [0, 0.05) is 18.5 Å².